The van der Waals surface area contributed by atoms with Crippen LogP contribution < -0.4 is 15.1 Å². The van der Waals surface area contributed by atoms with Gasteiger partial charge in [-0.3, -0.25) is 9.69 Å². The molecule has 160 valence electrons. The molecule has 0 unspecified atom stereocenters. The van der Waals surface area contributed by atoms with Gasteiger partial charge in [0, 0.05) is 58.3 Å². The number of hydrogen-bond donors (Lipinski definition) is 1. The highest BCUT2D eigenvalue weighted by molar-refractivity contribution is 5.79. The Labute approximate surface area is 173 Å². The van der Waals surface area contributed by atoms with E-state index in [1.807, 2.05) is 12.4 Å². The second-order valence-corrected chi connectivity index (χ2v) is 8.30. The van der Waals surface area contributed by atoms with Crippen LogP contribution in [0.4, 0.5) is 11.6 Å². The van der Waals surface area contributed by atoms with Gasteiger partial charge in [0.2, 0.25) is 11.9 Å². The molecule has 0 aliphatic carbocycles. The van der Waals surface area contributed by atoms with Gasteiger partial charge in [-0.05, 0) is 32.1 Å². The Hall–Kier alpha value is -1.93. The molecule has 4 heterocycles. The average molecular weight is 403 g/mol. The highest BCUT2D eigenvalue weighted by Gasteiger charge is 2.25. The third kappa shape index (κ3) is 5.57. The molecule has 4 rings (SSSR count). The fourth-order valence-corrected chi connectivity index (χ4v) is 4.44. The van der Waals surface area contributed by atoms with E-state index in [1.54, 1.807) is 0 Å². The van der Waals surface area contributed by atoms with Crippen LogP contribution in [0.15, 0.2) is 12.4 Å². The molecule has 0 radical (unpaired) electrons. The van der Waals surface area contributed by atoms with Crippen molar-refractivity contribution in [1.82, 2.24) is 20.2 Å². The number of ether oxygens (including phenoxy) is 1. The number of nitrogens with one attached hydrogen (secondary N) is 1. The summed E-state index contributed by atoms with van der Waals surface area (Å²) < 4.78 is 5.36. The van der Waals surface area contributed by atoms with Gasteiger partial charge in [-0.15, -0.1) is 0 Å². The van der Waals surface area contributed by atoms with Crippen LogP contribution in [0, 0.1) is 5.92 Å². The highest BCUT2D eigenvalue weighted by Crippen LogP contribution is 2.24. The number of amides is 1. The molecule has 3 saturated heterocycles. The Morgan fingerprint density at radius 1 is 0.966 bits per heavy atom. The summed E-state index contributed by atoms with van der Waals surface area (Å²) in [5.74, 6) is 1.17. The molecule has 1 aromatic rings. The fraction of sp³-hybridized carbons (Fsp3) is 0.762. The van der Waals surface area contributed by atoms with Crippen molar-refractivity contribution in [1.29, 1.82) is 0 Å². The minimum Gasteiger partial charge on any atom is -0.379 e. The van der Waals surface area contributed by atoms with Crippen LogP contribution >= 0.6 is 0 Å². The number of carbonyl (C=O) groups excluding carboxylic acids is 1. The van der Waals surface area contributed by atoms with Crippen molar-refractivity contribution in [2.45, 2.75) is 32.1 Å². The second kappa shape index (κ2) is 10.2. The molecule has 0 spiro atoms. The molecule has 8 heteroatoms. The van der Waals surface area contributed by atoms with E-state index in [9.17, 15) is 4.79 Å². The summed E-state index contributed by atoms with van der Waals surface area (Å²) >= 11 is 0. The van der Waals surface area contributed by atoms with Crippen LogP contribution in [0.5, 0.6) is 0 Å². The van der Waals surface area contributed by atoms with E-state index in [1.165, 1.54) is 19.3 Å². The van der Waals surface area contributed by atoms with Crippen LogP contribution in [0.2, 0.25) is 0 Å². The van der Waals surface area contributed by atoms with Crippen molar-refractivity contribution in [3.63, 3.8) is 0 Å². The maximum absolute atomic E-state index is 12.5. The van der Waals surface area contributed by atoms with Crippen molar-refractivity contribution in [2.24, 2.45) is 5.92 Å². The zero-order valence-corrected chi connectivity index (χ0v) is 17.4. The van der Waals surface area contributed by atoms with Crippen LogP contribution in [-0.4, -0.2) is 86.3 Å². The van der Waals surface area contributed by atoms with Crippen molar-refractivity contribution < 1.29 is 9.53 Å². The van der Waals surface area contributed by atoms with Gasteiger partial charge in [-0.25, -0.2) is 9.97 Å². The summed E-state index contributed by atoms with van der Waals surface area (Å²) in [4.78, 5) is 28.6. The van der Waals surface area contributed by atoms with Crippen LogP contribution in [0.3, 0.4) is 0 Å². The van der Waals surface area contributed by atoms with Crippen molar-refractivity contribution in [3.05, 3.63) is 12.4 Å². The molecule has 0 saturated carbocycles. The molecule has 0 bridgehead atoms. The summed E-state index contributed by atoms with van der Waals surface area (Å²) in [6, 6.07) is 0. The van der Waals surface area contributed by atoms with Gasteiger partial charge in [-0.2, -0.15) is 0 Å². The lowest BCUT2D eigenvalue weighted by Gasteiger charge is -2.33. The summed E-state index contributed by atoms with van der Waals surface area (Å²) in [5, 5.41) is 3.13. The lowest BCUT2D eigenvalue weighted by Crippen LogP contribution is -2.44. The van der Waals surface area contributed by atoms with E-state index in [0.717, 1.165) is 90.0 Å². The lowest BCUT2D eigenvalue weighted by molar-refractivity contribution is -0.125. The van der Waals surface area contributed by atoms with Gasteiger partial charge < -0.3 is 19.9 Å². The normalized spacial score (nSPS) is 21.9. The molecule has 1 aromatic heterocycles. The number of aromatic nitrogens is 2. The maximum Gasteiger partial charge on any atom is 0.225 e. The summed E-state index contributed by atoms with van der Waals surface area (Å²) in [7, 11) is 0. The maximum atomic E-state index is 12.5. The molecule has 1 amide bonds. The van der Waals surface area contributed by atoms with E-state index < -0.39 is 0 Å². The van der Waals surface area contributed by atoms with Crippen LogP contribution in [-0.2, 0) is 9.53 Å². The first-order valence-electron chi connectivity index (χ1n) is 11.2. The number of hydrogen-bond acceptors (Lipinski definition) is 7. The van der Waals surface area contributed by atoms with E-state index in [4.69, 9.17) is 4.74 Å². The SMILES string of the molecule is O=C(NCCN1CCOCC1)C1CCN(c2cnc(N3CCCCC3)nc2)CC1. The molecule has 0 aromatic carbocycles. The van der Waals surface area contributed by atoms with Gasteiger partial charge in [-0.1, -0.05) is 0 Å². The highest BCUT2D eigenvalue weighted by atomic mass is 16.5. The van der Waals surface area contributed by atoms with Gasteiger partial charge in [0.1, 0.15) is 0 Å². The molecule has 3 aliphatic rings. The zero-order chi connectivity index (χ0) is 19.9. The van der Waals surface area contributed by atoms with E-state index in [2.05, 4.69) is 30.0 Å². The largest absolute Gasteiger partial charge is 0.379 e. The number of piperidine rings is 2. The lowest BCUT2D eigenvalue weighted by atomic mass is 9.95. The summed E-state index contributed by atoms with van der Waals surface area (Å²) in [6.07, 6.45) is 9.43. The average Bonchev–Trinajstić information content (AvgIpc) is 2.80. The quantitative estimate of drug-likeness (QED) is 0.765. The Balaban J connectivity index is 1.19. The van der Waals surface area contributed by atoms with E-state index in [0.29, 0.717) is 0 Å². The van der Waals surface area contributed by atoms with Gasteiger partial charge >= 0.3 is 0 Å². The Morgan fingerprint density at radius 3 is 2.34 bits per heavy atom. The molecule has 0 atom stereocenters. The Kier molecular flexibility index (Phi) is 7.16. The van der Waals surface area contributed by atoms with Crippen LogP contribution in [0.1, 0.15) is 32.1 Å². The topological polar surface area (TPSA) is 73.8 Å². The Bertz CT molecular complexity index is 635. The standard InChI is InChI=1S/C21H34N6O2/c28-20(22-6-11-25-12-14-29-15-13-25)18-4-9-26(10-5-18)19-16-23-21(24-17-19)27-7-2-1-3-8-27/h16-18H,1-15H2,(H,22,28). The van der Waals surface area contributed by atoms with Crippen LogP contribution in [0.25, 0.3) is 0 Å². The smallest absolute Gasteiger partial charge is 0.225 e. The minimum atomic E-state index is 0.115. The number of carbonyl (C=O) groups is 1. The van der Waals surface area contributed by atoms with E-state index >= 15 is 0 Å². The molecule has 29 heavy (non-hydrogen) atoms. The molecule has 1 N–H and O–H groups in total. The Morgan fingerprint density at radius 2 is 1.66 bits per heavy atom. The molecule has 3 aliphatic heterocycles. The molecule has 3 fully saturated rings. The van der Waals surface area contributed by atoms with Crippen molar-refractivity contribution in [2.75, 3.05) is 75.4 Å². The van der Waals surface area contributed by atoms with Crippen molar-refractivity contribution >= 4 is 17.5 Å². The second-order valence-electron chi connectivity index (χ2n) is 8.30. The molecular weight excluding hydrogens is 368 g/mol. The summed E-state index contributed by atoms with van der Waals surface area (Å²) in [6.45, 7) is 9.06. The predicted molar refractivity (Wildman–Crippen MR) is 113 cm³/mol. The third-order valence-corrected chi connectivity index (χ3v) is 6.33. The number of morpholine rings is 1. The zero-order valence-electron chi connectivity index (χ0n) is 17.4. The summed E-state index contributed by atoms with van der Waals surface area (Å²) in [5.41, 5.74) is 1.07. The van der Waals surface area contributed by atoms with Crippen molar-refractivity contribution in [3.8, 4) is 0 Å². The number of anilines is 2. The predicted octanol–water partition coefficient (Wildman–Crippen LogP) is 1.13. The third-order valence-electron chi connectivity index (χ3n) is 6.33. The first-order valence-corrected chi connectivity index (χ1v) is 11.2. The fourth-order valence-electron chi connectivity index (χ4n) is 4.44. The molecular formula is C21H34N6O2. The van der Waals surface area contributed by atoms with Gasteiger partial charge in [0.15, 0.2) is 0 Å². The minimum absolute atomic E-state index is 0.115. The van der Waals surface area contributed by atoms with E-state index in [-0.39, 0.29) is 11.8 Å². The monoisotopic (exact) mass is 402 g/mol. The first-order chi connectivity index (χ1) is 14.3. The van der Waals surface area contributed by atoms with Gasteiger partial charge in [0.05, 0.1) is 31.3 Å². The van der Waals surface area contributed by atoms with Gasteiger partial charge in [0.25, 0.3) is 0 Å². The number of nitrogens with zero attached hydrogens (tertiary/aromatic N) is 5. The molecule has 8 nitrogen and oxygen atoms in total. The number of rotatable bonds is 6. The first kappa shape index (κ1) is 20.3.